The number of pyridine rings is 1. The molecule has 9 nitrogen and oxygen atoms in total. The number of nitrogens with zero attached hydrogens (tertiary/aromatic N) is 2. The Kier molecular flexibility index (Phi) is 8.20. The number of anilines is 1. The van der Waals surface area contributed by atoms with E-state index in [2.05, 4.69) is 15.6 Å². The molecular formula is C23H22ClFN4O5. The lowest BCUT2D eigenvalue weighted by Crippen LogP contribution is -2.46. The first-order chi connectivity index (χ1) is 16.2. The maximum atomic E-state index is 13.6. The predicted molar refractivity (Wildman–Crippen MR) is 124 cm³/mol. The van der Waals surface area contributed by atoms with Crippen LogP contribution in [0.5, 0.6) is 0 Å². The van der Waals surface area contributed by atoms with Crippen molar-refractivity contribution in [3.8, 4) is 0 Å². The van der Waals surface area contributed by atoms with E-state index in [0.717, 1.165) is 15.7 Å². The Balaban J connectivity index is 1.57. The lowest BCUT2D eigenvalue weighted by atomic mass is 10.2. The fourth-order valence-electron chi connectivity index (χ4n) is 3.12. The maximum Gasteiger partial charge on any atom is 0.412 e. The van der Waals surface area contributed by atoms with Gasteiger partial charge in [-0.3, -0.25) is 10.1 Å². The van der Waals surface area contributed by atoms with E-state index in [1.807, 2.05) is 24.3 Å². The molecule has 3 amide bonds. The van der Waals surface area contributed by atoms with Crippen LogP contribution in [0.25, 0.3) is 10.8 Å². The van der Waals surface area contributed by atoms with Gasteiger partial charge in [-0.2, -0.15) is 0 Å². The topological polar surface area (TPSA) is 121 Å². The monoisotopic (exact) mass is 488 g/mol. The summed E-state index contributed by atoms with van der Waals surface area (Å²) >= 11 is 5.88. The van der Waals surface area contributed by atoms with Gasteiger partial charge < -0.3 is 20.1 Å². The zero-order valence-corrected chi connectivity index (χ0v) is 18.9. The second kappa shape index (κ2) is 11.3. The molecule has 178 valence electrons. The van der Waals surface area contributed by atoms with E-state index in [9.17, 15) is 23.9 Å². The van der Waals surface area contributed by atoms with E-state index in [1.165, 1.54) is 19.2 Å². The molecule has 11 heteroatoms. The highest BCUT2D eigenvalue weighted by Crippen LogP contribution is 2.19. The number of likely N-dealkylation sites (N-methyl/N-ethyl adjacent to an activating group) is 1. The number of halogens is 2. The van der Waals surface area contributed by atoms with Gasteiger partial charge in [-0.25, -0.2) is 19.0 Å². The number of hydrogen-bond acceptors (Lipinski definition) is 5. The van der Waals surface area contributed by atoms with Crippen LogP contribution in [0, 0.1) is 5.82 Å². The Bertz CT molecular complexity index is 1210. The number of amides is 3. The average Bonchev–Trinajstić information content (AvgIpc) is 2.81. The largest absolute Gasteiger partial charge is 0.481 e. The standard InChI is InChI=1S/C23H22ClFN4O5/c1-29(22(32)27-12-16-7-4-8-18(25)21(16)24)17(10-20(30)31)13-34-23(33)28-19-9-14-5-2-3-6-15(14)11-26-19/h2-9,11,17H,10,12-13H2,1H3,(H,27,32)(H,30,31)(H,26,28,33)/t17-/m0/s1. The minimum atomic E-state index is -1.18. The van der Waals surface area contributed by atoms with Crippen molar-refractivity contribution in [2.75, 3.05) is 19.0 Å². The van der Waals surface area contributed by atoms with Gasteiger partial charge in [0.05, 0.1) is 17.5 Å². The number of carboxylic acids is 1. The van der Waals surface area contributed by atoms with Crippen molar-refractivity contribution in [1.82, 2.24) is 15.2 Å². The number of aromatic nitrogens is 1. The molecule has 0 radical (unpaired) electrons. The molecule has 1 atom stereocenters. The van der Waals surface area contributed by atoms with Gasteiger partial charge in [-0.15, -0.1) is 0 Å². The van der Waals surface area contributed by atoms with Crippen molar-refractivity contribution in [1.29, 1.82) is 0 Å². The van der Waals surface area contributed by atoms with Crippen molar-refractivity contribution in [3.63, 3.8) is 0 Å². The maximum absolute atomic E-state index is 13.6. The zero-order chi connectivity index (χ0) is 24.7. The minimum absolute atomic E-state index is 0.0749. The molecule has 0 saturated heterocycles. The third-order valence-corrected chi connectivity index (χ3v) is 5.43. The normalized spacial score (nSPS) is 11.5. The van der Waals surface area contributed by atoms with E-state index >= 15 is 0 Å². The van der Waals surface area contributed by atoms with Crippen LogP contribution in [-0.2, 0) is 16.1 Å². The Morgan fingerprint density at radius 3 is 2.65 bits per heavy atom. The molecule has 2 aromatic carbocycles. The second-order valence-corrected chi connectivity index (χ2v) is 7.75. The number of urea groups is 1. The van der Waals surface area contributed by atoms with Gasteiger partial charge in [0.2, 0.25) is 0 Å². The smallest absolute Gasteiger partial charge is 0.412 e. The molecule has 0 aliphatic carbocycles. The molecule has 1 aromatic heterocycles. The number of carboxylic acid groups (broad SMARTS) is 1. The number of rotatable bonds is 8. The van der Waals surface area contributed by atoms with Crippen LogP contribution in [0.3, 0.4) is 0 Å². The van der Waals surface area contributed by atoms with Gasteiger partial charge in [-0.1, -0.05) is 48.0 Å². The quantitative estimate of drug-likeness (QED) is 0.435. The molecule has 3 aromatic rings. The van der Waals surface area contributed by atoms with Crippen molar-refractivity contribution >= 4 is 46.3 Å². The first kappa shape index (κ1) is 24.7. The number of carbonyl (C=O) groups is 3. The highest BCUT2D eigenvalue weighted by Gasteiger charge is 2.24. The summed E-state index contributed by atoms with van der Waals surface area (Å²) in [6, 6.07) is 11.7. The van der Waals surface area contributed by atoms with Crippen molar-refractivity contribution in [2.45, 2.75) is 19.0 Å². The van der Waals surface area contributed by atoms with Crippen molar-refractivity contribution in [2.24, 2.45) is 0 Å². The molecule has 0 spiro atoms. The molecule has 0 unspecified atom stereocenters. The van der Waals surface area contributed by atoms with Crippen molar-refractivity contribution < 1.29 is 28.6 Å². The lowest BCUT2D eigenvalue weighted by Gasteiger charge is -2.27. The van der Waals surface area contributed by atoms with Crippen LogP contribution in [0.4, 0.5) is 19.8 Å². The van der Waals surface area contributed by atoms with Gasteiger partial charge in [0.25, 0.3) is 0 Å². The fraction of sp³-hybridized carbons (Fsp3) is 0.217. The molecule has 0 bridgehead atoms. The lowest BCUT2D eigenvalue weighted by molar-refractivity contribution is -0.138. The number of fused-ring (bicyclic) bond motifs is 1. The molecular weight excluding hydrogens is 467 g/mol. The number of nitrogens with one attached hydrogen (secondary N) is 2. The molecule has 3 N–H and O–H groups in total. The molecule has 0 aliphatic heterocycles. The van der Waals surface area contributed by atoms with Gasteiger partial charge >= 0.3 is 18.1 Å². The average molecular weight is 489 g/mol. The van der Waals surface area contributed by atoms with E-state index in [1.54, 1.807) is 18.3 Å². The van der Waals surface area contributed by atoms with Crippen LogP contribution in [-0.4, -0.2) is 52.8 Å². The van der Waals surface area contributed by atoms with E-state index in [4.69, 9.17) is 16.3 Å². The van der Waals surface area contributed by atoms with Gasteiger partial charge in [0.15, 0.2) is 0 Å². The van der Waals surface area contributed by atoms with E-state index in [-0.39, 0.29) is 24.0 Å². The molecule has 34 heavy (non-hydrogen) atoms. The van der Waals surface area contributed by atoms with Crippen molar-refractivity contribution in [3.05, 3.63) is 71.1 Å². The number of hydrogen-bond donors (Lipinski definition) is 3. The van der Waals surface area contributed by atoms with Gasteiger partial charge in [-0.05, 0) is 23.1 Å². The number of carbonyl (C=O) groups excluding carboxylic acids is 2. The van der Waals surface area contributed by atoms with Crippen LogP contribution < -0.4 is 10.6 Å². The number of aliphatic carboxylic acids is 1. The molecule has 3 rings (SSSR count). The van der Waals surface area contributed by atoms with Crippen LogP contribution in [0.15, 0.2) is 54.7 Å². The molecule has 0 aliphatic rings. The van der Waals surface area contributed by atoms with E-state index in [0.29, 0.717) is 5.56 Å². The molecule has 0 saturated carbocycles. The Morgan fingerprint density at radius 1 is 1.18 bits per heavy atom. The summed E-state index contributed by atoms with van der Waals surface area (Å²) in [6.07, 6.45) is 0.284. The summed E-state index contributed by atoms with van der Waals surface area (Å²) in [6.45, 7) is -0.453. The minimum Gasteiger partial charge on any atom is -0.481 e. The molecule has 1 heterocycles. The number of benzene rings is 2. The summed E-state index contributed by atoms with van der Waals surface area (Å²) in [4.78, 5) is 41.2. The SMILES string of the molecule is CN(C(=O)NCc1cccc(F)c1Cl)[C@H](COC(=O)Nc1cc2ccccc2cn1)CC(=O)O. The molecule has 0 fully saturated rings. The summed E-state index contributed by atoms with van der Waals surface area (Å²) in [7, 11) is 1.36. The summed E-state index contributed by atoms with van der Waals surface area (Å²) < 4.78 is 18.7. The van der Waals surface area contributed by atoms with Gasteiger partial charge in [0, 0.05) is 25.2 Å². The van der Waals surface area contributed by atoms with Gasteiger partial charge in [0.1, 0.15) is 18.2 Å². The Morgan fingerprint density at radius 2 is 1.91 bits per heavy atom. The Hall–Kier alpha value is -3.92. The summed E-state index contributed by atoms with van der Waals surface area (Å²) in [5.74, 6) is -1.54. The van der Waals surface area contributed by atoms with Crippen LogP contribution in [0.1, 0.15) is 12.0 Å². The third-order valence-electron chi connectivity index (χ3n) is 5.01. The zero-order valence-electron chi connectivity index (χ0n) is 18.1. The first-order valence-electron chi connectivity index (χ1n) is 10.2. The second-order valence-electron chi connectivity index (χ2n) is 7.37. The number of ether oxygens (including phenoxy) is 1. The third kappa shape index (κ3) is 6.55. The highest BCUT2D eigenvalue weighted by atomic mass is 35.5. The summed E-state index contributed by atoms with van der Waals surface area (Å²) in [5.41, 5.74) is 0.358. The predicted octanol–water partition coefficient (Wildman–Crippen LogP) is 4.26. The fourth-order valence-corrected chi connectivity index (χ4v) is 3.31. The summed E-state index contributed by atoms with van der Waals surface area (Å²) in [5, 5.41) is 15.9. The van der Waals surface area contributed by atoms with Crippen LogP contribution in [0.2, 0.25) is 5.02 Å². The van der Waals surface area contributed by atoms with E-state index < -0.39 is 36.4 Å². The van der Waals surface area contributed by atoms with Crippen LogP contribution >= 0.6 is 11.6 Å². The highest BCUT2D eigenvalue weighted by molar-refractivity contribution is 6.31. The Labute approximate surface area is 199 Å². The first-order valence-corrected chi connectivity index (χ1v) is 10.6.